The van der Waals surface area contributed by atoms with Crippen LogP contribution >= 0.6 is 0 Å². The Balaban J connectivity index is 1.20. The molecule has 0 saturated carbocycles. The number of carbonyl (C=O) groups excluding carboxylic acids is 1. The normalized spacial score (nSPS) is 19.1. The van der Waals surface area contributed by atoms with Crippen LogP contribution in [0, 0.1) is 5.92 Å². The lowest BCUT2D eigenvalue weighted by atomic mass is 9.90. The van der Waals surface area contributed by atoms with E-state index >= 15 is 0 Å². The van der Waals surface area contributed by atoms with Gasteiger partial charge < -0.3 is 19.8 Å². The molecule has 0 radical (unpaired) electrons. The number of ether oxygens (including phenoxy) is 2. The second-order valence-corrected chi connectivity index (χ2v) is 10.9. The van der Waals surface area contributed by atoms with E-state index in [-0.39, 0.29) is 16.9 Å². The highest BCUT2D eigenvalue weighted by atomic mass is 32.2. The molecule has 1 amide bonds. The van der Waals surface area contributed by atoms with E-state index in [0.29, 0.717) is 30.2 Å². The molecular formula is C25H30N4O5S. The summed E-state index contributed by atoms with van der Waals surface area (Å²) in [7, 11) is -3.85. The molecule has 3 heterocycles. The van der Waals surface area contributed by atoms with Crippen molar-refractivity contribution < 1.29 is 22.7 Å². The number of H-pyrrole nitrogens is 1. The van der Waals surface area contributed by atoms with Gasteiger partial charge >= 0.3 is 0 Å². The van der Waals surface area contributed by atoms with Crippen LogP contribution in [0.2, 0.25) is 0 Å². The fourth-order valence-corrected chi connectivity index (χ4v) is 5.83. The van der Waals surface area contributed by atoms with E-state index in [1.54, 1.807) is 12.1 Å². The maximum absolute atomic E-state index is 12.1. The lowest BCUT2D eigenvalue weighted by molar-refractivity contribution is -0.114. The van der Waals surface area contributed by atoms with Gasteiger partial charge in [-0.05, 0) is 80.2 Å². The summed E-state index contributed by atoms with van der Waals surface area (Å²) in [4.78, 5) is 17.1. The Morgan fingerprint density at radius 1 is 1.20 bits per heavy atom. The molecule has 0 aliphatic carbocycles. The Bertz CT molecular complexity index is 1350. The van der Waals surface area contributed by atoms with Crippen molar-refractivity contribution in [1.29, 1.82) is 0 Å². The number of benzene rings is 2. The van der Waals surface area contributed by atoms with E-state index in [4.69, 9.17) is 14.6 Å². The number of sulfonamides is 1. The topological polar surface area (TPSA) is 127 Å². The summed E-state index contributed by atoms with van der Waals surface area (Å²) < 4.78 is 36.5. The number of aromatic nitrogens is 1. The maximum atomic E-state index is 12.1. The van der Waals surface area contributed by atoms with Crippen molar-refractivity contribution >= 4 is 32.5 Å². The van der Waals surface area contributed by atoms with Crippen LogP contribution in [0.1, 0.15) is 25.3 Å². The summed E-state index contributed by atoms with van der Waals surface area (Å²) in [5, 5.41) is 9.20. The van der Waals surface area contributed by atoms with E-state index in [0.717, 1.165) is 54.9 Å². The number of aromatic amines is 1. The van der Waals surface area contributed by atoms with Crippen molar-refractivity contribution in [2.24, 2.45) is 11.1 Å². The summed E-state index contributed by atoms with van der Waals surface area (Å²) in [5.74, 6) is 1.69. The second kappa shape index (κ2) is 9.52. The van der Waals surface area contributed by atoms with Crippen molar-refractivity contribution in [3.05, 3.63) is 48.2 Å². The van der Waals surface area contributed by atoms with E-state index in [9.17, 15) is 13.2 Å². The standard InChI is InChI=1S/C25H30N4O5S/c1-16(30)28-19-2-5-24(35(26,31)32)18(13-19)12-17-7-10-29(11-8-17)14-20-15-33-23-4-3-22-21(6-9-27-22)25(23)34-20/h2-6,9,13,17,20,27H,7-8,10-12,14-15H2,1H3,(H,28,30)(H2,26,31,32). The minimum absolute atomic E-state index is 0.0529. The maximum Gasteiger partial charge on any atom is 0.238 e. The number of anilines is 1. The Morgan fingerprint density at radius 3 is 2.74 bits per heavy atom. The number of nitrogens with one attached hydrogen (secondary N) is 2. The molecular weight excluding hydrogens is 468 g/mol. The van der Waals surface area contributed by atoms with Crippen molar-refractivity contribution in [2.45, 2.75) is 37.2 Å². The van der Waals surface area contributed by atoms with Gasteiger partial charge in [0.1, 0.15) is 12.7 Å². The molecule has 35 heavy (non-hydrogen) atoms. The monoisotopic (exact) mass is 498 g/mol. The average molecular weight is 499 g/mol. The van der Waals surface area contributed by atoms with Crippen LogP contribution in [-0.2, 0) is 21.2 Å². The van der Waals surface area contributed by atoms with E-state index in [1.165, 1.54) is 13.0 Å². The molecule has 10 heteroatoms. The van der Waals surface area contributed by atoms with E-state index in [1.807, 2.05) is 24.4 Å². The Kier molecular flexibility index (Phi) is 6.43. The number of fused-ring (bicyclic) bond motifs is 3. The van der Waals surface area contributed by atoms with Gasteiger partial charge in [0, 0.05) is 36.3 Å². The Hall–Kier alpha value is -3.08. The summed E-state index contributed by atoms with van der Waals surface area (Å²) in [6.45, 7) is 4.48. The highest BCUT2D eigenvalue weighted by Crippen LogP contribution is 2.38. The molecule has 2 aliphatic rings. The van der Waals surface area contributed by atoms with Crippen LogP contribution in [-0.4, -0.2) is 56.6 Å². The molecule has 186 valence electrons. The number of hydrogen-bond donors (Lipinski definition) is 3. The third-order valence-corrected chi connectivity index (χ3v) is 7.73. The van der Waals surface area contributed by atoms with Crippen molar-refractivity contribution in [2.75, 3.05) is 31.6 Å². The van der Waals surface area contributed by atoms with Crippen LogP contribution < -0.4 is 19.9 Å². The van der Waals surface area contributed by atoms with Gasteiger partial charge in [0.25, 0.3) is 0 Å². The molecule has 0 spiro atoms. The highest BCUT2D eigenvalue weighted by molar-refractivity contribution is 7.89. The summed E-state index contributed by atoms with van der Waals surface area (Å²) >= 11 is 0. The number of rotatable bonds is 6. The largest absolute Gasteiger partial charge is 0.486 e. The molecule has 1 fully saturated rings. The first-order valence-electron chi connectivity index (χ1n) is 11.8. The fraction of sp³-hybridized carbons (Fsp3) is 0.400. The highest BCUT2D eigenvalue weighted by Gasteiger charge is 2.28. The average Bonchev–Trinajstić information content (AvgIpc) is 3.29. The predicted molar refractivity (Wildman–Crippen MR) is 133 cm³/mol. The van der Waals surface area contributed by atoms with E-state index in [2.05, 4.69) is 15.2 Å². The smallest absolute Gasteiger partial charge is 0.238 e. The predicted octanol–water partition coefficient (Wildman–Crippen LogP) is 2.87. The number of nitrogens with zero attached hydrogens (tertiary/aromatic N) is 1. The van der Waals surface area contributed by atoms with Crippen LogP contribution in [0.15, 0.2) is 47.5 Å². The molecule has 0 bridgehead atoms. The molecule has 2 aromatic carbocycles. The molecule has 2 aliphatic heterocycles. The van der Waals surface area contributed by atoms with Gasteiger partial charge in [-0.1, -0.05) is 0 Å². The molecule has 1 aromatic heterocycles. The Labute approximate surface area is 204 Å². The van der Waals surface area contributed by atoms with E-state index < -0.39 is 10.0 Å². The second-order valence-electron chi connectivity index (χ2n) is 9.38. The third-order valence-electron chi connectivity index (χ3n) is 6.72. The van der Waals surface area contributed by atoms with Crippen LogP contribution in [0.5, 0.6) is 11.5 Å². The number of carbonyl (C=O) groups is 1. The molecule has 1 unspecified atom stereocenters. The number of amides is 1. The molecule has 9 nitrogen and oxygen atoms in total. The molecule has 3 aromatic rings. The van der Waals surface area contributed by atoms with Crippen molar-refractivity contribution in [3.8, 4) is 11.5 Å². The zero-order valence-electron chi connectivity index (χ0n) is 19.6. The minimum atomic E-state index is -3.85. The zero-order valence-corrected chi connectivity index (χ0v) is 20.4. The molecule has 4 N–H and O–H groups in total. The number of nitrogens with two attached hydrogens (primary N) is 1. The van der Waals surface area contributed by atoms with Gasteiger partial charge in [0.05, 0.1) is 4.90 Å². The lowest BCUT2D eigenvalue weighted by Crippen LogP contribution is -2.44. The van der Waals surface area contributed by atoms with Crippen LogP contribution in [0.3, 0.4) is 0 Å². The number of likely N-dealkylation sites (tertiary alicyclic amines) is 1. The first kappa shape index (κ1) is 23.7. The number of hydrogen-bond acceptors (Lipinski definition) is 6. The number of primary sulfonamides is 1. The van der Waals surface area contributed by atoms with Gasteiger partial charge in [-0.2, -0.15) is 0 Å². The minimum Gasteiger partial charge on any atom is -0.486 e. The third kappa shape index (κ3) is 5.29. The van der Waals surface area contributed by atoms with Crippen molar-refractivity contribution in [3.63, 3.8) is 0 Å². The lowest BCUT2D eigenvalue weighted by Gasteiger charge is -2.36. The summed E-state index contributed by atoms with van der Waals surface area (Å²) in [6.07, 6.45) is 4.30. The zero-order chi connectivity index (χ0) is 24.6. The van der Waals surface area contributed by atoms with Gasteiger partial charge in [0.2, 0.25) is 15.9 Å². The Morgan fingerprint density at radius 2 is 2.00 bits per heavy atom. The first-order valence-corrected chi connectivity index (χ1v) is 13.4. The molecule has 1 saturated heterocycles. The summed E-state index contributed by atoms with van der Waals surface area (Å²) in [6, 6.07) is 10.7. The van der Waals surface area contributed by atoms with Gasteiger partial charge in [0.15, 0.2) is 11.5 Å². The SMILES string of the molecule is CC(=O)Nc1ccc(S(N)(=O)=O)c(CC2CCN(CC3COc4ccc5[nH]ccc5c4O3)CC2)c1. The molecule has 1 atom stereocenters. The van der Waals surface area contributed by atoms with Crippen LogP contribution in [0.4, 0.5) is 5.69 Å². The fourth-order valence-electron chi connectivity index (χ4n) is 5.06. The van der Waals surface area contributed by atoms with Gasteiger partial charge in [-0.15, -0.1) is 0 Å². The summed E-state index contributed by atoms with van der Waals surface area (Å²) in [5.41, 5.74) is 2.24. The van der Waals surface area contributed by atoms with Gasteiger partial charge in [-0.3, -0.25) is 9.69 Å². The number of piperidine rings is 1. The van der Waals surface area contributed by atoms with Crippen LogP contribution in [0.25, 0.3) is 10.9 Å². The van der Waals surface area contributed by atoms with Gasteiger partial charge in [-0.25, -0.2) is 13.6 Å². The van der Waals surface area contributed by atoms with Crippen molar-refractivity contribution in [1.82, 2.24) is 9.88 Å². The molecule has 5 rings (SSSR count). The first-order chi connectivity index (χ1) is 16.8. The quantitative estimate of drug-likeness (QED) is 0.480.